The molecule has 7 nitrogen and oxygen atoms in total. The predicted molar refractivity (Wildman–Crippen MR) is 77.1 cm³/mol. The molecule has 0 fully saturated rings. The smallest absolute Gasteiger partial charge is 0.247 e. The Bertz CT molecular complexity index is 535. The molecule has 0 unspecified atom stereocenters. The fourth-order valence-electron chi connectivity index (χ4n) is 1.90. The highest BCUT2D eigenvalue weighted by atomic mass is 16.5. The molecule has 1 N–H and O–H groups in total. The fraction of sp³-hybridized carbons (Fsp3) is 0.538. The monoisotopic (exact) mass is 276 g/mol. The van der Waals surface area contributed by atoms with Gasteiger partial charge in [0.05, 0.1) is 6.20 Å². The summed E-state index contributed by atoms with van der Waals surface area (Å²) in [7, 11) is 0. The summed E-state index contributed by atoms with van der Waals surface area (Å²) in [5.41, 5.74) is 0. The van der Waals surface area contributed by atoms with Gasteiger partial charge in [0.2, 0.25) is 5.95 Å². The first kappa shape index (κ1) is 14.2. The average Bonchev–Trinajstić information content (AvgIpc) is 2.84. The first-order chi connectivity index (χ1) is 9.72. The van der Waals surface area contributed by atoms with E-state index in [9.17, 15) is 0 Å². The first-order valence-electron chi connectivity index (χ1n) is 6.88. The Labute approximate surface area is 118 Å². The molecule has 0 aliphatic heterocycles. The fourth-order valence-corrected chi connectivity index (χ4v) is 1.90. The highest BCUT2D eigenvalue weighted by Gasteiger charge is 2.10. The van der Waals surface area contributed by atoms with Crippen molar-refractivity contribution >= 4 is 17.6 Å². The van der Waals surface area contributed by atoms with Crippen molar-refractivity contribution in [2.24, 2.45) is 0 Å². The largest absolute Gasteiger partial charge is 0.360 e. The molecule has 0 atom stereocenters. The Morgan fingerprint density at radius 2 is 1.95 bits per heavy atom. The Morgan fingerprint density at radius 3 is 2.55 bits per heavy atom. The van der Waals surface area contributed by atoms with Crippen LogP contribution in [0.2, 0.25) is 0 Å². The van der Waals surface area contributed by atoms with Crippen molar-refractivity contribution in [2.45, 2.75) is 33.6 Å². The quantitative estimate of drug-likeness (QED) is 0.832. The number of rotatable bonds is 7. The molecule has 2 rings (SSSR count). The lowest BCUT2D eigenvalue weighted by molar-refractivity contribution is 0.400. The van der Waals surface area contributed by atoms with E-state index in [-0.39, 0.29) is 0 Å². The van der Waals surface area contributed by atoms with Crippen molar-refractivity contribution in [3.8, 4) is 0 Å². The van der Waals surface area contributed by atoms with Crippen LogP contribution in [0.5, 0.6) is 0 Å². The van der Waals surface area contributed by atoms with Gasteiger partial charge in [-0.25, -0.2) is 0 Å². The summed E-state index contributed by atoms with van der Waals surface area (Å²) < 4.78 is 5.00. The number of nitrogens with one attached hydrogen (secondary N) is 1. The molecule has 2 heterocycles. The van der Waals surface area contributed by atoms with Crippen LogP contribution in [0.15, 0.2) is 16.8 Å². The summed E-state index contributed by atoms with van der Waals surface area (Å²) in [5.74, 6) is 2.61. The van der Waals surface area contributed by atoms with Gasteiger partial charge in [-0.2, -0.15) is 10.1 Å². The van der Waals surface area contributed by atoms with Crippen molar-refractivity contribution < 1.29 is 4.52 Å². The summed E-state index contributed by atoms with van der Waals surface area (Å²) >= 11 is 0. The minimum Gasteiger partial charge on any atom is -0.360 e. The van der Waals surface area contributed by atoms with Crippen LogP contribution in [0.3, 0.4) is 0 Å². The second kappa shape index (κ2) is 6.83. The van der Waals surface area contributed by atoms with Crippen molar-refractivity contribution in [2.75, 3.05) is 23.3 Å². The zero-order chi connectivity index (χ0) is 14.4. The summed E-state index contributed by atoms with van der Waals surface area (Å²) in [5, 5.41) is 15.0. The lowest BCUT2D eigenvalue weighted by Crippen LogP contribution is -2.27. The van der Waals surface area contributed by atoms with E-state index in [1.54, 1.807) is 12.3 Å². The molecule has 7 heteroatoms. The molecule has 0 amide bonds. The number of anilines is 3. The third-order valence-corrected chi connectivity index (χ3v) is 2.70. The molecule has 0 aliphatic rings. The number of nitrogens with zero attached hydrogens (tertiary/aromatic N) is 5. The average molecular weight is 276 g/mol. The maximum atomic E-state index is 5.00. The lowest BCUT2D eigenvalue weighted by Gasteiger charge is -2.20. The molecule has 108 valence electrons. The molecule has 2 aromatic heterocycles. The third kappa shape index (κ3) is 3.66. The van der Waals surface area contributed by atoms with Gasteiger partial charge in [0.25, 0.3) is 0 Å². The van der Waals surface area contributed by atoms with Gasteiger partial charge in [-0.05, 0) is 19.8 Å². The SMILES string of the molecule is CCCN(CCC)c1nncc(Nc2cc(C)on2)n1. The Kier molecular flexibility index (Phi) is 4.86. The topological polar surface area (TPSA) is 80.0 Å². The van der Waals surface area contributed by atoms with E-state index < -0.39 is 0 Å². The molecular formula is C13H20N6O. The van der Waals surface area contributed by atoms with Crippen LogP contribution in [-0.2, 0) is 0 Å². The van der Waals surface area contributed by atoms with Crippen molar-refractivity contribution in [3.05, 3.63) is 18.0 Å². The second-order valence-electron chi connectivity index (χ2n) is 4.58. The van der Waals surface area contributed by atoms with Gasteiger partial charge in [0, 0.05) is 19.2 Å². The Hall–Kier alpha value is -2.18. The van der Waals surface area contributed by atoms with Crippen molar-refractivity contribution in [1.29, 1.82) is 0 Å². The summed E-state index contributed by atoms with van der Waals surface area (Å²) in [4.78, 5) is 6.61. The minimum atomic E-state index is 0.612. The standard InChI is InChI=1S/C13H20N6O/c1-4-6-19(7-5-2)13-16-12(9-14-17-13)15-11-8-10(3)20-18-11/h8-9H,4-7H2,1-3H3,(H,15,16,17,18). The number of hydrogen-bond donors (Lipinski definition) is 1. The molecule has 0 saturated heterocycles. The van der Waals surface area contributed by atoms with Gasteiger partial charge in [-0.3, -0.25) is 0 Å². The maximum absolute atomic E-state index is 5.00. The normalized spacial score (nSPS) is 10.6. The van der Waals surface area contributed by atoms with E-state index in [2.05, 4.69) is 44.4 Å². The van der Waals surface area contributed by atoms with Crippen LogP contribution in [0.1, 0.15) is 32.4 Å². The summed E-state index contributed by atoms with van der Waals surface area (Å²) in [6, 6.07) is 1.80. The second-order valence-corrected chi connectivity index (χ2v) is 4.58. The molecule has 0 aromatic carbocycles. The van der Waals surface area contributed by atoms with E-state index in [1.807, 2.05) is 6.92 Å². The van der Waals surface area contributed by atoms with Crippen LogP contribution >= 0.6 is 0 Å². The van der Waals surface area contributed by atoms with Crippen LogP contribution in [0.25, 0.3) is 0 Å². The first-order valence-corrected chi connectivity index (χ1v) is 6.88. The molecule has 0 aliphatic carbocycles. The van der Waals surface area contributed by atoms with Crippen LogP contribution in [0, 0.1) is 6.92 Å². The molecule has 0 radical (unpaired) electrons. The Balaban J connectivity index is 2.13. The van der Waals surface area contributed by atoms with Gasteiger partial charge in [-0.15, -0.1) is 5.10 Å². The van der Waals surface area contributed by atoms with Crippen molar-refractivity contribution in [3.63, 3.8) is 0 Å². The van der Waals surface area contributed by atoms with Crippen LogP contribution < -0.4 is 10.2 Å². The van der Waals surface area contributed by atoms with E-state index in [0.29, 0.717) is 17.6 Å². The van der Waals surface area contributed by atoms with Gasteiger partial charge < -0.3 is 14.7 Å². The number of aryl methyl sites for hydroxylation is 1. The molecule has 20 heavy (non-hydrogen) atoms. The number of aromatic nitrogens is 4. The van der Waals surface area contributed by atoms with Crippen molar-refractivity contribution in [1.82, 2.24) is 20.3 Å². The highest BCUT2D eigenvalue weighted by Crippen LogP contribution is 2.15. The molecule has 2 aromatic rings. The lowest BCUT2D eigenvalue weighted by atomic mass is 10.4. The van der Waals surface area contributed by atoms with Crippen LogP contribution in [-0.4, -0.2) is 33.4 Å². The molecular weight excluding hydrogens is 256 g/mol. The van der Waals surface area contributed by atoms with Gasteiger partial charge in [0.15, 0.2) is 11.6 Å². The summed E-state index contributed by atoms with van der Waals surface area (Å²) in [6.45, 7) is 7.95. The summed E-state index contributed by atoms with van der Waals surface area (Å²) in [6.07, 6.45) is 3.66. The van der Waals surface area contributed by atoms with Gasteiger partial charge >= 0.3 is 0 Å². The Morgan fingerprint density at radius 1 is 1.20 bits per heavy atom. The maximum Gasteiger partial charge on any atom is 0.247 e. The third-order valence-electron chi connectivity index (χ3n) is 2.70. The predicted octanol–water partition coefficient (Wildman–Crippen LogP) is 2.54. The van der Waals surface area contributed by atoms with Gasteiger partial charge in [-0.1, -0.05) is 19.0 Å². The zero-order valence-electron chi connectivity index (χ0n) is 12.1. The zero-order valence-corrected chi connectivity index (χ0v) is 12.1. The van der Waals surface area contributed by atoms with E-state index >= 15 is 0 Å². The van der Waals surface area contributed by atoms with Gasteiger partial charge in [0.1, 0.15) is 5.76 Å². The van der Waals surface area contributed by atoms with E-state index in [1.165, 1.54) is 0 Å². The molecule has 0 bridgehead atoms. The van der Waals surface area contributed by atoms with E-state index in [4.69, 9.17) is 4.52 Å². The molecule has 0 saturated carbocycles. The minimum absolute atomic E-state index is 0.612. The van der Waals surface area contributed by atoms with Crippen LogP contribution in [0.4, 0.5) is 17.6 Å². The highest BCUT2D eigenvalue weighted by molar-refractivity contribution is 5.51. The number of hydrogen-bond acceptors (Lipinski definition) is 7. The van der Waals surface area contributed by atoms with E-state index in [0.717, 1.165) is 31.7 Å². The molecule has 0 spiro atoms.